The topological polar surface area (TPSA) is 263 Å². The van der Waals surface area contributed by atoms with Crippen LogP contribution in [0.3, 0.4) is 0 Å². The number of pyridine rings is 2. The van der Waals surface area contributed by atoms with Crippen molar-refractivity contribution in [3.63, 3.8) is 0 Å². The van der Waals surface area contributed by atoms with E-state index in [0.29, 0.717) is 61.3 Å². The van der Waals surface area contributed by atoms with Gasteiger partial charge in [0, 0.05) is 107 Å². The van der Waals surface area contributed by atoms with Gasteiger partial charge in [-0.2, -0.15) is 26.3 Å². The first-order valence-electron chi connectivity index (χ1n) is 35.9. The highest BCUT2D eigenvalue weighted by Crippen LogP contribution is 2.39. The van der Waals surface area contributed by atoms with Crippen molar-refractivity contribution >= 4 is 94.1 Å². The van der Waals surface area contributed by atoms with Gasteiger partial charge in [0.25, 0.3) is 0 Å². The van der Waals surface area contributed by atoms with Gasteiger partial charge in [0.15, 0.2) is 0 Å². The van der Waals surface area contributed by atoms with Crippen LogP contribution in [-0.2, 0) is 28.3 Å². The average Bonchev–Trinajstić information content (AvgIpc) is 1.63. The van der Waals surface area contributed by atoms with Crippen LogP contribution in [0.4, 0.5) is 80.2 Å². The standard InChI is InChI=1S/C30H41F3N6O3.C20H28BF3N2O3.C16H25IN4O2.2C4H10O/c1-19-7-8-22(35-26(40)38-12-9-20(17-38)16-30(31,32)33)15-23(19)21-13-24(34)36-25(14-21)39-11-6-10-29(5,18-39)37-27(41)42-28(2,3)4;1-13-6-7-15(10-16(13)21-28-18(2,3)19(4,5)29-21)25-17(27)26-9-8-14(12-26)11-20(22,23)24;1-15(2,3)23-14(22)20-16(4)6-5-7-21(10-16)13-9-11(17)8-12(18)19-13;2*1-3-5-4-2/h7-8,13-15,20H,6,9-12,16-18H2,1-5H3,(H2,34,36)(H,35,40)(H,37,41);6-7,10,14H,8-9,11-12H2,1-5H3,(H,25,27);8-9H,5-7,10H2,1-4H3,(H2,18,19)(H,20,22);2*3-4H2,1-2H3/t20-,29-;14-;16-;;/m000../s1. The van der Waals surface area contributed by atoms with Crippen molar-refractivity contribution in [3.05, 3.63) is 75.4 Å². The first-order chi connectivity index (χ1) is 48.1. The molecule has 0 saturated carbocycles. The fourth-order valence-electron chi connectivity index (χ4n) is 12.5. The molecule has 5 aliphatic rings. The Morgan fingerprint density at radius 1 is 0.587 bits per heavy atom. The third-order valence-electron chi connectivity index (χ3n) is 18.1. The average molecular weight is 1580 g/mol. The van der Waals surface area contributed by atoms with Crippen molar-refractivity contribution in [2.24, 2.45) is 11.8 Å². The predicted octanol–water partition coefficient (Wildman–Crippen LogP) is 15.7. The summed E-state index contributed by atoms with van der Waals surface area (Å²) in [6, 6.07) is 17.7. The van der Waals surface area contributed by atoms with Gasteiger partial charge in [-0.05, 0) is 268 Å². The lowest BCUT2D eigenvalue weighted by atomic mass is 9.76. The number of alkyl carbamates (subject to hydrolysis) is 2. The van der Waals surface area contributed by atoms with Crippen LogP contribution in [0.1, 0.15) is 173 Å². The Hall–Kier alpha value is -6.77. The Morgan fingerprint density at radius 3 is 1.38 bits per heavy atom. The highest BCUT2D eigenvalue weighted by Gasteiger charge is 2.52. The first kappa shape index (κ1) is 87.9. The summed E-state index contributed by atoms with van der Waals surface area (Å²) in [4.78, 5) is 66.1. The summed E-state index contributed by atoms with van der Waals surface area (Å²) in [5, 5.41) is 11.7. The number of nitrogen functional groups attached to an aromatic ring is 2. The third kappa shape index (κ3) is 29.2. The number of halogens is 7. The number of urea groups is 2. The minimum Gasteiger partial charge on any atom is -0.444 e. The molecule has 2 aromatic heterocycles. The van der Waals surface area contributed by atoms with E-state index in [9.17, 15) is 45.5 Å². The Kier molecular flexibility index (Phi) is 31.8. The number of carbonyl (C=O) groups is 4. The molecule has 104 heavy (non-hydrogen) atoms. The third-order valence-corrected chi connectivity index (χ3v) is 18.7. The molecule has 9 rings (SSSR count). The summed E-state index contributed by atoms with van der Waals surface area (Å²) in [5.41, 5.74) is 14.6. The molecule has 5 saturated heterocycles. The molecular formula is C74H114BF6IN12O10. The second kappa shape index (κ2) is 37.7. The number of nitrogens with two attached hydrogens (primary N) is 2. The molecule has 8 N–H and O–H groups in total. The van der Waals surface area contributed by atoms with Gasteiger partial charge in [-0.25, -0.2) is 29.1 Å². The van der Waals surface area contributed by atoms with E-state index in [1.165, 1.54) is 9.80 Å². The van der Waals surface area contributed by atoms with Gasteiger partial charge in [0.05, 0.1) is 22.3 Å². The van der Waals surface area contributed by atoms with E-state index in [1.54, 1.807) is 24.3 Å². The molecule has 2 aromatic carbocycles. The maximum Gasteiger partial charge on any atom is 0.495 e. The number of aryl methyl sites for hydroxylation is 2. The van der Waals surface area contributed by atoms with Crippen molar-refractivity contribution in [2.45, 2.75) is 222 Å². The van der Waals surface area contributed by atoms with Gasteiger partial charge in [-0.1, -0.05) is 17.7 Å². The lowest BCUT2D eigenvalue weighted by Gasteiger charge is -2.41. The molecule has 0 radical (unpaired) electrons. The minimum absolute atomic E-state index is 0.0752. The van der Waals surface area contributed by atoms with Crippen molar-refractivity contribution in [1.29, 1.82) is 0 Å². The molecule has 4 aromatic rings. The Balaban J connectivity index is 0.000000273. The summed E-state index contributed by atoms with van der Waals surface area (Å²) in [6.07, 6.45) is -6.84. The van der Waals surface area contributed by atoms with Crippen LogP contribution < -0.4 is 48.0 Å². The first-order valence-corrected chi connectivity index (χ1v) is 36.9. The van der Waals surface area contributed by atoms with Crippen molar-refractivity contribution < 1.29 is 73.8 Å². The second-order valence-corrected chi connectivity index (χ2v) is 31.8. The van der Waals surface area contributed by atoms with Crippen LogP contribution in [0, 0.1) is 29.3 Å². The number of ether oxygens (including phenoxy) is 4. The lowest BCUT2D eigenvalue weighted by Crippen LogP contribution is -2.57. The van der Waals surface area contributed by atoms with E-state index < -0.39 is 90.2 Å². The van der Waals surface area contributed by atoms with Gasteiger partial charge >= 0.3 is 43.7 Å². The molecule has 4 atom stereocenters. The van der Waals surface area contributed by atoms with Gasteiger partial charge < -0.3 is 80.6 Å². The van der Waals surface area contributed by atoms with E-state index in [4.69, 9.17) is 39.7 Å². The van der Waals surface area contributed by atoms with Crippen molar-refractivity contribution in [2.75, 3.05) is 111 Å². The van der Waals surface area contributed by atoms with Crippen molar-refractivity contribution in [1.82, 2.24) is 30.4 Å². The number of likely N-dealkylation sites (tertiary alicyclic amines) is 2. The smallest absolute Gasteiger partial charge is 0.444 e. The molecule has 7 heterocycles. The van der Waals surface area contributed by atoms with Crippen LogP contribution >= 0.6 is 22.6 Å². The number of aromatic nitrogens is 2. The van der Waals surface area contributed by atoms with Gasteiger partial charge in [0.1, 0.15) is 34.5 Å². The van der Waals surface area contributed by atoms with Gasteiger partial charge in [-0.15, -0.1) is 0 Å². The number of benzene rings is 2. The van der Waals surface area contributed by atoms with Gasteiger partial charge in [0.2, 0.25) is 0 Å². The fraction of sp³-hybridized carbons (Fsp3) is 0.649. The van der Waals surface area contributed by atoms with Crippen LogP contribution in [0.25, 0.3) is 11.1 Å². The maximum absolute atomic E-state index is 12.8. The summed E-state index contributed by atoms with van der Waals surface area (Å²) in [5.74, 6) is 1.24. The maximum atomic E-state index is 12.8. The molecule has 5 aliphatic heterocycles. The van der Waals surface area contributed by atoms with E-state index in [1.807, 2.05) is 161 Å². The summed E-state index contributed by atoms with van der Waals surface area (Å²) < 4.78 is 110. The fourth-order valence-corrected chi connectivity index (χ4v) is 13.1. The predicted molar refractivity (Wildman–Crippen MR) is 409 cm³/mol. The summed E-state index contributed by atoms with van der Waals surface area (Å²) in [6.45, 7) is 41.8. The van der Waals surface area contributed by atoms with E-state index in [-0.39, 0.29) is 31.3 Å². The molecule has 0 aliphatic carbocycles. The SMILES string of the molecule is CC(C)(C)OC(=O)N[C@@]1(C)CCCN(c2cc(I)cc(N)n2)C1.CCOCC.CCOCC.Cc1ccc(NC(=O)N2CC[C@@H](CC(F)(F)F)C2)cc1-c1cc(N)nc(N2CCC[C@](C)(NC(=O)OC(C)(C)C)C2)c1.Cc1ccc(NC(=O)N2CC[C@@H](CC(F)(F)F)C2)cc1B1OC(C)(C)C(C)(C)O1. The number of hydrogen-bond donors (Lipinski definition) is 6. The number of anilines is 6. The number of nitrogens with zero attached hydrogens (tertiary/aromatic N) is 6. The summed E-state index contributed by atoms with van der Waals surface area (Å²) >= 11 is 2.23. The molecule has 0 bridgehead atoms. The number of amides is 6. The molecule has 5 fully saturated rings. The Bertz CT molecular complexity index is 3430. The zero-order valence-electron chi connectivity index (χ0n) is 64.2. The highest BCUT2D eigenvalue weighted by molar-refractivity contribution is 14.1. The highest BCUT2D eigenvalue weighted by atomic mass is 127. The molecule has 22 nitrogen and oxygen atoms in total. The Labute approximate surface area is 625 Å². The molecule has 0 spiro atoms. The second-order valence-electron chi connectivity index (χ2n) is 30.6. The molecule has 0 unspecified atom stereocenters. The summed E-state index contributed by atoms with van der Waals surface area (Å²) in [7, 11) is -0.556. The molecule has 6 amide bonds. The normalized spacial score (nSPS) is 20.8. The molecule has 30 heteroatoms. The van der Waals surface area contributed by atoms with Crippen LogP contribution in [0.15, 0.2) is 60.7 Å². The molecule has 582 valence electrons. The van der Waals surface area contributed by atoms with E-state index in [2.05, 4.69) is 63.6 Å². The quantitative estimate of drug-likeness (QED) is 0.0389. The van der Waals surface area contributed by atoms with E-state index >= 15 is 0 Å². The number of hydrogen-bond acceptors (Lipinski definition) is 16. The zero-order chi connectivity index (χ0) is 78.0. The van der Waals surface area contributed by atoms with Crippen LogP contribution in [0.5, 0.6) is 0 Å². The van der Waals surface area contributed by atoms with E-state index in [0.717, 1.165) is 102 Å². The largest absolute Gasteiger partial charge is 0.495 e. The molecular weight excluding hydrogens is 1470 g/mol. The zero-order valence-corrected chi connectivity index (χ0v) is 66.4. The van der Waals surface area contributed by atoms with Crippen LogP contribution in [-0.4, -0.2) is 176 Å². The monoisotopic (exact) mass is 1580 g/mol. The lowest BCUT2D eigenvalue weighted by molar-refractivity contribution is -0.144. The number of alkyl halides is 6. The van der Waals surface area contributed by atoms with Crippen molar-refractivity contribution in [3.8, 4) is 11.1 Å². The number of piperidine rings is 2. The number of carbonyl (C=O) groups excluding carboxylic acids is 4. The van der Waals surface area contributed by atoms with Crippen LogP contribution in [0.2, 0.25) is 0 Å². The number of rotatable bonds is 14. The minimum atomic E-state index is -4.24. The Morgan fingerprint density at radius 2 is 0.990 bits per heavy atom. The van der Waals surface area contributed by atoms with Gasteiger partial charge in [-0.3, -0.25) is 0 Å². The number of nitrogens with one attached hydrogen (secondary N) is 4.